The van der Waals surface area contributed by atoms with Gasteiger partial charge in [0.15, 0.2) is 0 Å². The van der Waals surface area contributed by atoms with Crippen LogP contribution >= 0.6 is 0 Å². The van der Waals surface area contributed by atoms with Gasteiger partial charge in [0, 0.05) is 22.3 Å². The molecule has 0 saturated carbocycles. The fourth-order valence-corrected chi connectivity index (χ4v) is 3.82. The smallest absolute Gasteiger partial charge is 0.257 e. The maximum atomic E-state index is 13.1. The van der Waals surface area contributed by atoms with Crippen LogP contribution in [0.2, 0.25) is 0 Å². The molecule has 0 bridgehead atoms. The number of aryl methyl sites for hydroxylation is 3. The monoisotopic (exact) mass is 385 g/mol. The second kappa shape index (κ2) is 6.34. The lowest BCUT2D eigenvalue weighted by Crippen LogP contribution is -2.16. The first-order chi connectivity index (χ1) is 14.0. The molecule has 144 valence electrons. The van der Waals surface area contributed by atoms with Crippen LogP contribution in [0.5, 0.6) is 0 Å². The molecule has 0 fully saturated rings. The molecule has 0 spiro atoms. The quantitative estimate of drug-likeness (QED) is 0.473. The van der Waals surface area contributed by atoms with Gasteiger partial charge in [-0.15, -0.1) is 0 Å². The molecule has 0 unspecified atom stereocenters. The van der Waals surface area contributed by atoms with Crippen molar-refractivity contribution in [3.8, 4) is 11.3 Å². The van der Waals surface area contributed by atoms with Crippen LogP contribution in [-0.2, 0) is 0 Å². The lowest BCUT2D eigenvalue weighted by atomic mass is 10.1. The zero-order valence-electron chi connectivity index (χ0n) is 16.3. The average molecular weight is 385 g/mol. The van der Waals surface area contributed by atoms with Gasteiger partial charge in [-0.2, -0.15) is 5.10 Å². The van der Waals surface area contributed by atoms with Crippen LogP contribution in [0.25, 0.3) is 27.7 Å². The summed E-state index contributed by atoms with van der Waals surface area (Å²) in [5, 5.41) is 11.3. The zero-order chi connectivity index (χ0) is 20.1. The van der Waals surface area contributed by atoms with Gasteiger partial charge in [0.25, 0.3) is 5.91 Å². The molecule has 0 aliphatic heterocycles. The third-order valence-electron chi connectivity index (χ3n) is 5.31. The van der Waals surface area contributed by atoms with E-state index in [1.807, 2.05) is 55.5 Å². The summed E-state index contributed by atoms with van der Waals surface area (Å²) in [6, 6.07) is 9.55. The number of anilines is 1. The standard InChI is InChI=1S/C22H19N5O2/c1-12-8-19-13(2)23-11-27(19)14(3)20(12)22(28)24-16-4-5-18-17(9-16)21(26-25-18)15-6-7-29-10-15/h4-11H,1-3H3,(H,24,28)(H,25,26). The molecule has 29 heavy (non-hydrogen) atoms. The number of nitrogens with one attached hydrogen (secondary N) is 2. The summed E-state index contributed by atoms with van der Waals surface area (Å²) in [4.78, 5) is 17.5. The van der Waals surface area contributed by atoms with E-state index < -0.39 is 0 Å². The Morgan fingerprint density at radius 2 is 2.03 bits per heavy atom. The van der Waals surface area contributed by atoms with Gasteiger partial charge in [-0.05, 0) is 56.7 Å². The minimum Gasteiger partial charge on any atom is -0.472 e. The van der Waals surface area contributed by atoms with Gasteiger partial charge in [-0.3, -0.25) is 9.89 Å². The molecule has 4 aromatic heterocycles. The first kappa shape index (κ1) is 17.2. The fourth-order valence-electron chi connectivity index (χ4n) is 3.82. The van der Waals surface area contributed by atoms with Crippen LogP contribution in [0, 0.1) is 20.8 Å². The van der Waals surface area contributed by atoms with Gasteiger partial charge in [-0.1, -0.05) is 0 Å². The Hall–Kier alpha value is -3.87. The van der Waals surface area contributed by atoms with Crippen LogP contribution in [0.3, 0.4) is 0 Å². The van der Waals surface area contributed by atoms with Gasteiger partial charge in [0.1, 0.15) is 5.69 Å². The molecule has 5 rings (SSSR count). The topological polar surface area (TPSA) is 88.2 Å². The molecule has 5 aromatic rings. The number of hydrogen-bond acceptors (Lipinski definition) is 4. The number of furan rings is 1. The lowest BCUT2D eigenvalue weighted by molar-refractivity contribution is 0.102. The van der Waals surface area contributed by atoms with Crippen LogP contribution in [0.4, 0.5) is 5.69 Å². The van der Waals surface area contributed by atoms with Gasteiger partial charge in [-0.25, -0.2) is 4.98 Å². The molecule has 4 heterocycles. The van der Waals surface area contributed by atoms with E-state index in [-0.39, 0.29) is 5.91 Å². The largest absolute Gasteiger partial charge is 0.472 e. The molecular weight excluding hydrogens is 366 g/mol. The van der Waals surface area contributed by atoms with Crippen molar-refractivity contribution in [2.45, 2.75) is 20.8 Å². The number of carbonyl (C=O) groups is 1. The number of rotatable bonds is 3. The Morgan fingerprint density at radius 3 is 2.83 bits per heavy atom. The minimum absolute atomic E-state index is 0.152. The number of imidazole rings is 1. The highest BCUT2D eigenvalue weighted by atomic mass is 16.3. The maximum absolute atomic E-state index is 13.1. The van der Waals surface area contributed by atoms with Crippen molar-refractivity contribution >= 4 is 28.0 Å². The number of pyridine rings is 1. The normalized spacial score (nSPS) is 11.4. The molecule has 1 aromatic carbocycles. The first-order valence-electron chi connectivity index (χ1n) is 9.29. The zero-order valence-corrected chi connectivity index (χ0v) is 16.3. The van der Waals surface area contributed by atoms with Gasteiger partial charge < -0.3 is 14.1 Å². The molecule has 0 radical (unpaired) electrons. The molecule has 2 N–H and O–H groups in total. The van der Waals surface area contributed by atoms with Crippen LogP contribution in [-0.4, -0.2) is 25.5 Å². The number of aromatic nitrogens is 4. The summed E-state index contributed by atoms with van der Waals surface area (Å²) in [5.41, 5.74) is 7.65. The van der Waals surface area contributed by atoms with Crippen LogP contribution < -0.4 is 5.32 Å². The Bertz CT molecular complexity index is 1380. The Balaban J connectivity index is 1.53. The van der Waals surface area contributed by atoms with E-state index in [2.05, 4.69) is 20.5 Å². The highest BCUT2D eigenvalue weighted by Crippen LogP contribution is 2.29. The van der Waals surface area contributed by atoms with E-state index in [4.69, 9.17) is 4.42 Å². The number of aromatic amines is 1. The third kappa shape index (κ3) is 2.70. The van der Waals surface area contributed by atoms with Crippen molar-refractivity contribution in [1.29, 1.82) is 0 Å². The number of hydrogen-bond donors (Lipinski definition) is 2. The third-order valence-corrected chi connectivity index (χ3v) is 5.31. The van der Waals surface area contributed by atoms with E-state index in [1.165, 1.54) is 0 Å². The first-order valence-corrected chi connectivity index (χ1v) is 9.29. The summed E-state index contributed by atoms with van der Waals surface area (Å²) >= 11 is 0. The molecular formula is C22H19N5O2. The van der Waals surface area contributed by atoms with E-state index >= 15 is 0 Å². The molecule has 0 atom stereocenters. The average Bonchev–Trinajstić information content (AvgIpc) is 3.42. The summed E-state index contributed by atoms with van der Waals surface area (Å²) in [5.74, 6) is -0.152. The van der Waals surface area contributed by atoms with Crippen molar-refractivity contribution in [3.05, 3.63) is 71.7 Å². The summed E-state index contributed by atoms with van der Waals surface area (Å²) in [6.07, 6.45) is 5.02. The van der Waals surface area contributed by atoms with Crippen molar-refractivity contribution in [3.63, 3.8) is 0 Å². The molecule has 0 saturated heterocycles. The molecule has 0 aliphatic carbocycles. The van der Waals surface area contributed by atoms with Crippen molar-refractivity contribution in [2.75, 3.05) is 5.32 Å². The fraction of sp³-hybridized carbons (Fsp3) is 0.136. The number of H-pyrrole nitrogens is 1. The van der Waals surface area contributed by atoms with E-state index in [0.29, 0.717) is 11.3 Å². The number of benzene rings is 1. The SMILES string of the molecule is Cc1cc2c(C)ncn2c(C)c1C(=O)Nc1ccc2[nH]nc(-c3ccoc3)c2c1. The van der Waals surface area contributed by atoms with Crippen molar-refractivity contribution in [1.82, 2.24) is 19.6 Å². The minimum atomic E-state index is -0.152. The molecule has 1 amide bonds. The van der Waals surface area contributed by atoms with E-state index in [0.717, 1.165) is 44.6 Å². The summed E-state index contributed by atoms with van der Waals surface area (Å²) in [7, 11) is 0. The van der Waals surface area contributed by atoms with E-state index in [1.54, 1.807) is 18.9 Å². The Kier molecular flexibility index (Phi) is 3.77. The highest BCUT2D eigenvalue weighted by molar-refractivity contribution is 6.07. The lowest BCUT2D eigenvalue weighted by Gasteiger charge is -2.13. The van der Waals surface area contributed by atoms with Crippen molar-refractivity contribution in [2.24, 2.45) is 0 Å². The number of nitrogens with zero attached hydrogens (tertiary/aromatic N) is 3. The Labute approximate surface area is 166 Å². The predicted molar refractivity (Wildman–Crippen MR) is 111 cm³/mol. The Morgan fingerprint density at radius 1 is 1.17 bits per heavy atom. The number of fused-ring (bicyclic) bond motifs is 2. The molecule has 7 nitrogen and oxygen atoms in total. The van der Waals surface area contributed by atoms with Gasteiger partial charge >= 0.3 is 0 Å². The van der Waals surface area contributed by atoms with Crippen LogP contribution in [0.15, 0.2) is 53.6 Å². The summed E-state index contributed by atoms with van der Waals surface area (Å²) in [6.45, 7) is 5.85. The summed E-state index contributed by atoms with van der Waals surface area (Å²) < 4.78 is 7.12. The molecule has 0 aliphatic rings. The van der Waals surface area contributed by atoms with Gasteiger partial charge in [0.2, 0.25) is 0 Å². The molecule has 7 heteroatoms. The van der Waals surface area contributed by atoms with Gasteiger partial charge in [0.05, 0.1) is 41.1 Å². The van der Waals surface area contributed by atoms with Crippen LogP contribution in [0.1, 0.15) is 27.3 Å². The number of amides is 1. The van der Waals surface area contributed by atoms with E-state index in [9.17, 15) is 4.79 Å². The second-order valence-electron chi connectivity index (χ2n) is 7.17. The highest BCUT2D eigenvalue weighted by Gasteiger charge is 2.17. The predicted octanol–water partition coefficient (Wildman–Crippen LogP) is 4.65. The second-order valence-corrected chi connectivity index (χ2v) is 7.17. The number of carbonyl (C=O) groups excluding carboxylic acids is 1. The maximum Gasteiger partial charge on any atom is 0.257 e. The van der Waals surface area contributed by atoms with Crippen molar-refractivity contribution < 1.29 is 9.21 Å².